The summed E-state index contributed by atoms with van der Waals surface area (Å²) in [5.41, 5.74) is 0.265. The fourth-order valence-corrected chi connectivity index (χ4v) is 3.23. The zero-order chi connectivity index (χ0) is 15.8. The lowest BCUT2D eigenvalue weighted by Crippen LogP contribution is -2.36. The molecule has 0 spiro atoms. The van der Waals surface area contributed by atoms with Crippen LogP contribution in [0.15, 0.2) is 18.3 Å². The minimum atomic E-state index is -0.935. The average molecular weight is 344 g/mol. The Morgan fingerprint density at radius 3 is 2.64 bits per heavy atom. The molecule has 5 nitrogen and oxygen atoms in total. The number of anilines is 1. The van der Waals surface area contributed by atoms with Crippen LogP contribution < -0.4 is 10.2 Å². The van der Waals surface area contributed by atoms with Crippen LogP contribution in [0.25, 0.3) is 0 Å². The van der Waals surface area contributed by atoms with E-state index in [1.54, 1.807) is 13.1 Å². The van der Waals surface area contributed by atoms with Gasteiger partial charge in [-0.15, -0.1) is 23.2 Å². The van der Waals surface area contributed by atoms with Gasteiger partial charge in [0.15, 0.2) is 0 Å². The maximum absolute atomic E-state index is 12.1. The van der Waals surface area contributed by atoms with Gasteiger partial charge in [0.25, 0.3) is 0 Å². The van der Waals surface area contributed by atoms with E-state index in [0.717, 1.165) is 37.7 Å². The molecular formula is C15H19Cl2N3O2. The third-order valence-electron chi connectivity index (χ3n) is 4.36. The van der Waals surface area contributed by atoms with Crippen molar-refractivity contribution < 1.29 is 9.53 Å². The minimum Gasteiger partial charge on any atom is -0.378 e. The molecule has 22 heavy (non-hydrogen) atoms. The first-order chi connectivity index (χ1) is 10.4. The van der Waals surface area contributed by atoms with Gasteiger partial charge in [-0.1, -0.05) is 6.07 Å². The van der Waals surface area contributed by atoms with Crippen LogP contribution in [0.5, 0.6) is 0 Å². The first-order valence-electron chi connectivity index (χ1n) is 7.36. The number of aromatic nitrogens is 1. The Morgan fingerprint density at radius 1 is 1.41 bits per heavy atom. The third kappa shape index (κ3) is 3.03. The summed E-state index contributed by atoms with van der Waals surface area (Å²) in [4.78, 5) is 18.7. The molecule has 2 heterocycles. The van der Waals surface area contributed by atoms with Crippen LogP contribution in [0.4, 0.5) is 5.82 Å². The predicted molar refractivity (Wildman–Crippen MR) is 86.3 cm³/mol. The monoisotopic (exact) mass is 343 g/mol. The van der Waals surface area contributed by atoms with Crippen LogP contribution in [-0.2, 0) is 16.1 Å². The highest BCUT2D eigenvalue weighted by molar-refractivity contribution is 6.53. The Hall–Kier alpha value is -1.04. The number of carbonyl (C=O) groups is 1. The molecule has 1 N–H and O–H groups in total. The smallest absolute Gasteiger partial charge is 0.229 e. The second-order valence-corrected chi connectivity index (χ2v) is 7.50. The third-order valence-corrected chi connectivity index (χ3v) is 5.46. The second kappa shape index (κ2) is 5.87. The summed E-state index contributed by atoms with van der Waals surface area (Å²) in [6, 6.07) is 3.95. The highest BCUT2D eigenvalue weighted by Crippen LogP contribution is 2.63. The molecule has 1 aromatic heterocycles. The molecule has 1 atom stereocenters. The van der Waals surface area contributed by atoms with Crippen LogP contribution in [-0.4, -0.2) is 41.5 Å². The highest BCUT2D eigenvalue weighted by atomic mass is 35.5. The zero-order valence-electron chi connectivity index (χ0n) is 12.4. The van der Waals surface area contributed by atoms with E-state index in [1.807, 2.05) is 12.1 Å². The molecule has 1 saturated carbocycles. The van der Waals surface area contributed by atoms with Gasteiger partial charge in [-0.25, -0.2) is 4.98 Å². The van der Waals surface area contributed by atoms with Gasteiger partial charge in [0.05, 0.1) is 18.6 Å². The molecule has 0 radical (unpaired) electrons. The second-order valence-electron chi connectivity index (χ2n) is 6.02. The number of amides is 1. The van der Waals surface area contributed by atoms with Crippen molar-refractivity contribution in [1.82, 2.24) is 10.3 Å². The topological polar surface area (TPSA) is 54.5 Å². The van der Waals surface area contributed by atoms with Crippen LogP contribution in [0.3, 0.4) is 0 Å². The van der Waals surface area contributed by atoms with E-state index in [1.165, 1.54) is 0 Å². The lowest BCUT2D eigenvalue weighted by Gasteiger charge is -2.27. The van der Waals surface area contributed by atoms with Crippen molar-refractivity contribution >= 4 is 34.9 Å². The van der Waals surface area contributed by atoms with E-state index < -0.39 is 9.75 Å². The van der Waals surface area contributed by atoms with Crippen LogP contribution in [0, 0.1) is 5.41 Å². The summed E-state index contributed by atoms with van der Waals surface area (Å²) < 4.78 is 4.39. The van der Waals surface area contributed by atoms with Gasteiger partial charge in [-0.2, -0.15) is 0 Å². The van der Waals surface area contributed by atoms with Gasteiger partial charge in [0, 0.05) is 25.8 Å². The fourth-order valence-electron chi connectivity index (χ4n) is 2.52. The minimum absolute atomic E-state index is 0.116. The Labute approximate surface area is 139 Å². The first kappa shape index (κ1) is 15.8. The van der Waals surface area contributed by atoms with Crippen molar-refractivity contribution in [3.8, 4) is 0 Å². The molecule has 120 valence electrons. The lowest BCUT2D eigenvalue weighted by molar-refractivity contribution is -0.125. The van der Waals surface area contributed by atoms with E-state index in [2.05, 4.69) is 15.2 Å². The number of nitrogens with one attached hydrogen (secondary N) is 1. The predicted octanol–water partition coefficient (Wildman–Crippen LogP) is 2.12. The summed E-state index contributed by atoms with van der Waals surface area (Å²) in [6.45, 7) is 5.38. The average Bonchev–Trinajstić information content (AvgIpc) is 3.06. The Bertz CT molecular complexity index is 558. The van der Waals surface area contributed by atoms with Crippen molar-refractivity contribution in [3.63, 3.8) is 0 Å². The number of alkyl halides is 2. The Balaban J connectivity index is 1.54. The molecule has 1 unspecified atom stereocenters. The van der Waals surface area contributed by atoms with Crippen molar-refractivity contribution in [1.29, 1.82) is 0 Å². The Kier molecular flexibility index (Phi) is 4.23. The van der Waals surface area contributed by atoms with Gasteiger partial charge in [0.2, 0.25) is 5.91 Å². The van der Waals surface area contributed by atoms with Crippen molar-refractivity contribution in [3.05, 3.63) is 23.9 Å². The van der Waals surface area contributed by atoms with Gasteiger partial charge < -0.3 is 15.0 Å². The van der Waals surface area contributed by atoms with Gasteiger partial charge in [-0.05, 0) is 25.0 Å². The molecule has 1 aliphatic carbocycles. The summed E-state index contributed by atoms with van der Waals surface area (Å²) in [7, 11) is 0. The number of ether oxygens (including phenoxy) is 1. The molecule has 2 fully saturated rings. The first-order valence-corrected chi connectivity index (χ1v) is 8.12. The molecule has 1 aromatic rings. The summed E-state index contributed by atoms with van der Waals surface area (Å²) >= 11 is 12.0. The highest BCUT2D eigenvalue weighted by Gasteiger charge is 2.67. The Morgan fingerprint density at radius 2 is 2.09 bits per heavy atom. The van der Waals surface area contributed by atoms with Crippen LogP contribution in [0.1, 0.15) is 18.9 Å². The molecule has 2 aliphatic rings. The fraction of sp³-hybridized carbons (Fsp3) is 0.600. The number of rotatable bonds is 4. The largest absolute Gasteiger partial charge is 0.378 e. The van der Waals surface area contributed by atoms with Crippen LogP contribution >= 0.6 is 23.2 Å². The van der Waals surface area contributed by atoms with E-state index in [0.29, 0.717) is 13.0 Å². The van der Waals surface area contributed by atoms with Crippen molar-refractivity contribution in [2.24, 2.45) is 5.41 Å². The normalized spacial score (nSPS) is 26.6. The summed E-state index contributed by atoms with van der Waals surface area (Å²) in [6.07, 6.45) is 2.28. The standard InChI is InChI=1S/C15H19Cl2N3O2/c1-14(10-15(14,16)17)13(21)19-9-11-2-3-12(18-8-11)20-4-6-22-7-5-20/h2-3,8H,4-7,9-10H2,1H3,(H,19,21). The van der Waals surface area contributed by atoms with E-state index >= 15 is 0 Å². The molecule has 7 heteroatoms. The van der Waals surface area contributed by atoms with Gasteiger partial charge in [-0.3, -0.25) is 4.79 Å². The summed E-state index contributed by atoms with van der Waals surface area (Å²) in [5.74, 6) is 0.822. The number of pyridine rings is 1. The number of morpholine rings is 1. The van der Waals surface area contributed by atoms with E-state index in [-0.39, 0.29) is 5.91 Å². The number of hydrogen-bond acceptors (Lipinski definition) is 4. The SMILES string of the molecule is CC1(C(=O)NCc2ccc(N3CCOCC3)nc2)CC1(Cl)Cl. The molecule has 0 aromatic carbocycles. The molecule has 1 amide bonds. The molecule has 1 aliphatic heterocycles. The number of halogens is 2. The molecular weight excluding hydrogens is 325 g/mol. The maximum Gasteiger partial charge on any atom is 0.229 e. The van der Waals surface area contributed by atoms with Crippen molar-refractivity contribution in [2.45, 2.75) is 24.2 Å². The number of carbonyl (C=O) groups excluding carboxylic acids is 1. The van der Waals surface area contributed by atoms with E-state index in [9.17, 15) is 4.79 Å². The quantitative estimate of drug-likeness (QED) is 0.850. The molecule has 0 bridgehead atoms. The lowest BCUT2D eigenvalue weighted by atomic mass is 10.1. The van der Waals surface area contributed by atoms with Crippen molar-refractivity contribution in [2.75, 3.05) is 31.2 Å². The maximum atomic E-state index is 12.1. The molecule has 1 saturated heterocycles. The van der Waals surface area contributed by atoms with Gasteiger partial charge in [0.1, 0.15) is 10.2 Å². The van der Waals surface area contributed by atoms with Gasteiger partial charge >= 0.3 is 0 Å². The summed E-state index contributed by atoms with van der Waals surface area (Å²) in [5, 5.41) is 2.87. The zero-order valence-corrected chi connectivity index (χ0v) is 14.0. The molecule has 3 rings (SSSR count). The van der Waals surface area contributed by atoms with E-state index in [4.69, 9.17) is 27.9 Å². The number of hydrogen-bond donors (Lipinski definition) is 1. The number of nitrogens with zero attached hydrogens (tertiary/aromatic N) is 2. The van der Waals surface area contributed by atoms with Crippen LogP contribution in [0.2, 0.25) is 0 Å².